The third-order valence-corrected chi connectivity index (χ3v) is 5.53. The Hall–Kier alpha value is -3.31. The summed E-state index contributed by atoms with van der Waals surface area (Å²) >= 11 is 1.29. The van der Waals surface area contributed by atoms with Gasteiger partial charge in [-0.25, -0.2) is 0 Å². The molecule has 0 spiro atoms. The minimum atomic E-state index is -0.121. The van der Waals surface area contributed by atoms with Crippen molar-refractivity contribution in [2.45, 2.75) is 0 Å². The summed E-state index contributed by atoms with van der Waals surface area (Å²) in [4.78, 5) is 24.6. The highest BCUT2D eigenvalue weighted by atomic mass is 32.2. The zero-order chi connectivity index (χ0) is 20.1. The lowest BCUT2D eigenvalue weighted by molar-refractivity contribution is -0.114. The van der Waals surface area contributed by atoms with Crippen LogP contribution in [0.1, 0.15) is 0 Å². The number of benzene rings is 4. The van der Waals surface area contributed by atoms with Gasteiger partial charge in [0.2, 0.25) is 11.8 Å². The molecule has 4 aromatic rings. The van der Waals surface area contributed by atoms with Crippen molar-refractivity contribution in [1.29, 1.82) is 0 Å². The van der Waals surface area contributed by atoms with E-state index in [1.165, 1.54) is 11.8 Å². The standard InChI is InChI=1S/C24H20N2O2S/c27-23(25-21-13-5-9-17-7-1-3-11-19(17)21)15-29-16-24(28)26-22-14-6-10-18-8-2-4-12-20(18)22/h1-14H,15-16H2,(H,25,27)(H,26,28). The maximum absolute atomic E-state index is 12.3. The van der Waals surface area contributed by atoms with Crippen molar-refractivity contribution in [2.24, 2.45) is 0 Å². The van der Waals surface area contributed by atoms with Gasteiger partial charge in [0.05, 0.1) is 11.5 Å². The Morgan fingerprint density at radius 1 is 0.586 bits per heavy atom. The molecule has 0 fully saturated rings. The van der Waals surface area contributed by atoms with E-state index in [1.807, 2.05) is 84.9 Å². The van der Waals surface area contributed by atoms with E-state index in [9.17, 15) is 9.59 Å². The largest absolute Gasteiger partial charge is 0.325 e. The fourth-order valence-corrected chi connectivity index (χ4v) is 3.90. The minimum Gasteiger partial charge on any atom is -0.325 e. The summed E-state index contributed by atoms with van der Waals surface area (Å²) in [5.41, 5.74) is 1.57. The van der Waals surface area contributed by atoms with Gasteiger partial charge in [0.15, 0.2) is 0 Å². The highest BCUT2D eigenvalue weighted by Crippen LogP contribution is 2.24. The van der Waals surface area contributed by atoms with Gasteiger partial charge in [0, 0.05) is 22.1 Å². The van der Waals surface area contributed by atoms with Gasteiger partial charge >= 0.3 is 0 Å². The van der Waals surface area contributed by atoms with E-state index in [4.69, 9.17) is 0 Å². The minimum absolute atomic E-state index is 0.121. The second-order valence-electron chi connectivity index (χ2n) is 6.64. The van der Waals surface area contributed by atoms with Gasteiger partial charge in [0.25, 0.3) is 0 Å². The number of thioether (sulfide) groups is 1. The second-order valence-corrected chi connectivity index (χ2v) is 7.63. The predicted octanol–water partition coefficient (Wildman–Crippen LogP) is 5.30. The Morgan fingerprint density at radius 3 is 1.48 bits per heavy atom. The molecule has 0 unspecified atom stereocenters. The molecule has 5 heteroatoms. The molecule has 144 valence electrons. The van der Waals surface area contributed by atoms with Crippen LogP contribution >= 0.6 is 11.8 Å². The van der Waals surface area contributed by atoms with Crippen LogP contribution < -0.4 is 10.6 Å². The lowest BCUT2D eigenvalue weighted by atomic mass is 10.1. The summed E-state index contributed by atoms with van der Waals surface area (Å²) in [7, 11) is 0. The van der Waals surface area contributed by atoms with E-state index in [-0.39, 0.29) is 23.3 Å². The summed E-state index contributed by atoms with van der Waals surface area (Å²) in [6.07, 6.45) is 0. The Morgan fingerprint density at radius 2 is 1.00 bits per heavy atom. The molecule has 0 aromatic heterocycles. The molecule has 4 nitrogen and oxygen atoms in total. The molecule has 4 aromatic carbocycles. The molecule has 29 heavy (non-hydrogen) atoms. The van der Waals surface area contributed by atoms with Crippen molar-refractivity contribution in [2.75, 3.05) is 22.1 Å². The number of amides is 2. The number of hydrogen-bond acceptors (Lipinski definition) is 3. The monoisotopic (exact) mass is 400 g/mol. The van der Waals surface area contributed by atoms with Gasteiger partial charge in [-0.15, -0.1) is 11.8 Å². The summed E-state index contributed by atoms with van der Waals surface area (Å²) in [6, 6.07) is 27.5. The second kappa shape index (κ2) is 8.80. The van der Waals surface area contributed by atoms with Crippen molar-refractivity contribution in [3.05, 3.63) is 84.9 Å². The van der Waals surface area contributed by atoms with Gasteiger partial charge in [-0.05, 0) is 22.9 Å². The zero-order valence-corrected chi connectivity index (χ0v) is 16.5. The van der Waals surface area contributed by atoms with Crippen LogP contribution in [0, 0.1) is 0 Å². The average molecular weight is 401 g/mol. The highest BCUT2D eigenvalue weighted by Gasteiger charge is 2.09. The zero-order valence-electron chi connectivity index (χ0n) is 15.7. The topological polar surface area (TPSA) is 58.2 Å². The average Bonchev–Trinajstić information content (AvgIpc) is 2.74. The smallest absolute Gasteiger partial charge is 0.234 e. The first-order valence-corrected chi connectivity index (χ1v) is 10.5. The quantitative estimate of drug-likeness (QED) is 0.461. The van der Waals surface area contributed by atoms with Crippen LogP contribution in [0.15, 0.2) is 84.9 Å². The maximum atomic E-state index is 12.3. The van der Waals surface area contributed by atoms with Crippen LogP contribution in [-0.2, 0) is 9.59 Å². The fourth-order valence-electron chi connectivity index (χ4n) is 3.28. The first-order chi connectivity index (χ1) is 14.2. The lowest BCUT2D eigenvalue weighted by Crippen LogP contribution is -2.18. The van der Waals surface area contributed by atoms with Crippen LogP contribution in [0.4, 0.5) is 11.4 Å². The first kappa shape index (κ1) is 19.0. The number of anilines is 2. The Kier molecular flexibility index (Phi) is 5.77. The molecule has 0 saturated carbocycles. The first-order valence-electron chi connectivity index (χ1n) is 9.34. The number of rotatable bonds is 6. The SMILES string of the molecule is O=C(CSCC(=O)Nc1cccc2ccccc12)Nc1cccc2ccccc12. The van der Waals surface area contributed by atoms with Crippen LogP contribution in [0.25, 0.3) is 21.5 Å². The molecule has 2 N–H and O–H groups in total. The van der Waals surface area contributed by atoms with Crippen LogP contribution in [0.2, 0.25) is 0 Å². The predicted molar refractivity (Wildman–Crippen MR) is 122 cm³/mol. The van der Waals surface area contributed by atoms with E-state index in [1.54, 1.807) is 0 Å². The van der Waals surface area contributed by atoms with Crippen molar-refractivity contribution >= 4 is 56.5 Å². The van der Waals surface area contributed by atoms with Gasteiger partial charge < -0.3 is 10.6 Å². The molecular formula is C24H20N2O2S. The Labute approximate surface area is 173 Å². The molecule has 0 radical (unpaired) electrons. The third kappa shape index (κ3) is 4.58. The van der Waals surface area contributed by atoms with E-state index in [0.29, 0.717) is 0 Å². The van der Waals surface area contributed by atoms with E-state index < -0.39 is 0 Å². The number of nitrogens with one attached hydrogen (secondary N) is 2. The lowest BCUT2D eigenvalue weighted by Gasteiger charge is -2.10. The third-order valence-electron chi connectivity index (χ3n) is 4.59. The van der Waals surface area contributed by atoms with E-state index >= 15 is 0 Å². The summed E-state index contributed by atoms with van der Waals surface area (Å²) < 4.78 is 0. The number of fused-ring (bicyclic) bond motifs is 2. The van der Waals surface area contributed by atoms with Crippen molar-refractivity contribution in [3.8, 4) is 0 Å². The van der Waals surface area contributed by atoms with E-state index in [0.717, 1.165) is 32.9 Å². The number of carbonyl (C=O) groups excluding carboxylic acids is 2. The van der Waals surface area contributed by atoms with Gasteiger partial charge in [-0.3, -0.25) is 9.59 Å². The summed E-state index contributed by atoms with van der Waals surface area (Å²) in [6.45, 7) is 0. The van der Waals surface area contributed by atoms with Gasteiger partial charge in [-0.2, -0.15) is 0 Å². The maximum Gasteiger partial charge on any atom is 0.234 e. The highest BCUT2D eigenvalue weighted by molar-refractivity contribution is 8.00. The normalized spacial score (nSPS) is 10.8. The molecule has 2 amide bonds. The molecule has 0 heterocycles. The molecule has 4 rings (SSSR count). The molecule has 0 aliphatic heterocycles. The van der Waals surface area contributed by atoms with Crippen LogP contribution in [0.3, 0.4) is 0 Å². The summed E-state index contributed by atoms with van der Waals surface area (Å²) in [5.74, 6) is 0.187. The Bertz CT molecular complexity index is 1090. The molecule has 0 aliphatic rings. The van der Waals surface area contributed by atoms with Crippen LogP contribution in [-0.4, -0.2) is 23.3 Å². The van der Waals surface area contributed by atoms with Gasteiger partial charge in [-0.1, -0.05) is 72.8 Å². The number of hydrogen-bond donors (Lipinski definition) is 2. The van der Waals surface area contributed by atoms with Gasteiger partial charge in [0.1, 0.15) is 0 Å². The molecule has 0 atom stereocenters. The van der Waals surface area contributed by atoms with Crippen molar-refractivity contribution in [3.63, 3.8) is 0 Å². The molecule has 0 saturated heterocycles. The Balaban J connectivity index is 1.31. The van der Waals surface area contributed by atoms with E-state index in [2.05, 4.69) is 10.6 Å². The molecule has 0 bridgehead atoms. The van der Waals surface area contributed by atoms with Crippen molar-refractivity contribution < 1.29 is 9.59 Å². The van der Waals surface area contributed by atoms with Crippen LogP contribution in [0.5, 0.6) is 0 Å². The number of carbonyl (C=O) groups is 2. The molecular weight excluding hydrogens is 380 g/mol. The van der Waals surface area contributed by atoms with Crippen molar-refractivity contribution in [1.82, 2.24) is 0 Å². The fraction of sp³-hybridized carbons (Fsp3) is 0.0833. The summed E-state index contributed by atoms with van der Waals surface area (Å²) in [5, 5.41) is 10.0. The molecule has 0 aliphatic carbocycles.